The van der Waals surface area contributed by atoms with E-state index in [0.29, 0.717) is 47.0 Å². The first-order valence-corrected chi connectivity index (χ1v) is 10.5. The number of nitrogens with zero attached hydrogens (tertiary/aromatic N) is 3. The van der Waals surface area contributed by atoms with E-state index in [1.165, 1.54) is 17.9 Å². The minimum Gasteiger partial charge on any atom is -0.469 e. The lowest BCUT2D eigenvalue weighted by atomic mass is 9.87. The summed E-state index contributed by atoms with van der Waals surface area (Å²) in [7, 11) is 1.38. The van der Waals surface area contributed by atoms with Gasteiger partial charge in [-0.15, -0.1) is 5.10 Å². The lowest BCUT2D eigenvalue weighted by molar-refractivity contribution is -0.147. The summed E-state index contributed by atoms with van der Waals surface area (Å²) in [6.07, 6.45) is 0.564. The number of aryl methyl sites for hydroxylation is 1. The van der Waals surface area contributed by atoms with Crippen molar-refractivity contribution in [2.75, 3.05) is 25.1 Å². The first-order chi connectivity index (χ1) is 14.8. The summed E-state index contributed by atoms with van der Waals surface area (Å²) in [6, 6.07) is 9.79. The standard InChI is InChI=1S/C23H23ClFN3O3/c1-13-6-4-7-16(24)19(13)22(29)28-18-9-5-8-17(25)20(18)21(26-28)27-11-10-15(14(2)12-27)23(30)31-3/h4-9,14-15H,10-12H2,1-3H3/t14-,15-/m0/s1. The van der Waals surface area contributed by atoms with Gasteiger partial charge in [-0.1, -0.05) is 36.7 Å². The first kappa shape index (κ1) is 21.3. The number of methoxy groups -OCH3 is 1. The van der Waals surface area contributed by atoms with Crippen LogP contribution in [0.15, 0.2) is 36.4 Å². The topological polar surface area (TPSA) is 64.4 Å². The van der Waals surface area contributed by atoms with Crippen molar-refractivity contribution in [3.05, 3.63) is 58.4 Å². The minimum atomic E-state index is -0.454. The number of carbonyl (C=O) groups excluding carboxylic acids is 2. The van der Waals surface area contributed by atoms with Crippen LogP contribution in [-0.2, 0) is 9.53 Å². The summed E-state index contributed by atoms with van der Waals surface area (Å²) >= 11 is 6.30. The second kappa shape index (κ2) is 8.30. The maximum absolute atomic E-state index is 14.9. The Balaban J connectivity index is 1.79. The highest BCUT2D eigenvalue weighted by Crippen LogP contribution is 2.34. The Hall–Kier alpha value is -2.93. The summed E-state index contributed by atoms with van der Waals surface area (Å²) in [5, 5.41) is 5.14. The van der Waals surface area contributed by atoms with Gasteiger partial charge in [-0.2, -0.15) is 4.68 Å². The lowest BCUT2D eigenvalue weighted by Gasteiger charge is -2.35. The van der Waals surface area contributed by atoms with E-state index in [2.05, 4.69) is 5.10 Å². The van der Waals surface area contributed by atoms with Crippen LogP contribution < -0.4 is 4.90 Å². The second-order valence-corrected chi connectivity index (χ2v) is 8.36. The molecule has 0 spiro atoms. The Morgan fingerprint density at radius 3 is 2.65 bits per heavy atom. The molecule has 4 rings (SSSR count). The molecule has 162 valence electrons. The normalized spacial score (nSPS) is 18.9. The number of esters is 1. The number of anilines is 1. The van der Waals surface area contributed by atoms with Gasteiger partial charge < -0.3 is 9.64 Å². The Morgan fingerprint density at radius 2 is 1.97 bits per heavy atom. The van der Waals surface area contributed by atoms with Crippen LogP contribution in [0, 0.1) is 24.6 Å². The molecule has 0 aliphatic carbocycles. The molecule has 0 N–H and O–H groups in total. The fourth-order valence-electron chi connectivity index (χ4n) is 4.33. The van der Waals surface area contributed by atoms with Crippen LogP contribution in [0.3, 0.4) is 0 Å². The van der Waals surface area contributed by atoms with Gasteiger partial charge >= 0.3 is 5.97 Å². The Kier molecular flexibility index (Phi) is 5.71. The molecule has 0 saturated carbocycles. The molecular weight excluding hydrogens is 421 g/mol. The van der Waals surface area contributed by atoms with E-state index in [9.17, 15) is 14.0 Å². The third-order valence-corrected chi connectivity index (χ3v) is 6.29. The van der Waals surface area contributed by atoms with Crippen molar-refractivity contribution < 1.29 is 18.7 Å². The highest BCUT2D eigenvalue weighted by atomic mass is 35.5. The molecule has 1 aliphatic rings. The maximum atomic E-state index is 14.9. The molecule has 2 aromatic carbocycles. The van der Waals surface area contributed by atoms with Crippen LogP contribution in [-0.4, -0.2) is 41.9 Å². The largest absolute Gasteiger partial charge is 0.469 e. The highest BCUT2D eigenvalue weighted by Gasteiger charge is 2.34. The molecule has 8 heteroatoms. The van der Waals surface area contributed by atoms with E-state index in [1.807, 2.05) is 11.8 Å². The van der Waals surface area contributed by atoms with Crippen LogP contribution in [0.1, 0.15) is 29.3 Å². The number of carbonyl (C=O) groups is 2. The van der Waals surface area contributed by atoms with Crippen molar-refractivity contribution in [1.29, 1.82) is 0 Å². The second-order valence-electron chi connectivity index (χ2n) is 7.95. The fourth-order valence-corrected chi connectivity index (χ4v) is 4.64. The summed E-state index contributed by atoms with van der Waals surface area (Å²) in [5.74, 6) is -0.937. The number of benzene rings is 2. The number of aromatic nitrogens is 2. The number of hydrogen-bond donors (Lipinski definition) is 0. The fraction of sp³-hybridized carbons (Fsp3) is 0.348. The Bertz CT molecular complexity index is 1160. The van der Waals surface area contributed by atoms with Gasteiger partial charge in [0.25, 0.3) is 5.91 Å². The predicted molar refractivity (Wildman–Crippen MR) is 117 cm³/mol. The van der Waals surface area contributed by atoms with Gasteiger partial charge in [0.1, 0.15) is 5.82 Å². The van der Waals surface area contributed by atoms with Gasteiger partial charge in [-0.3, -0.25) is 9.59 Å². The number of fused-ring (bicyclic) bond motifs is 1. The smallest absolute Gasteiger partial charge is 0.309 e. The molecule has 1 fully saturated rings. The number of piperidine rings is 1. The summed E-state index contributed by atoms with van der Waals surface area (Å²) < 4.78 is 21.0. The zero-order chi connectivity index (χ0) is 22.3. The number of rotatable bonds is 3. The van der Waals surface area contributed by atoms with Crippen LogP contribution >= 0.6 is 11.6 Å². The van der Waals surface area contributed by atoms with Crippen molar-refractivity contribution in [3.63, 3.8) is 0 Å². The molecule has 0 bridgehead atoms. The number of halogens is 2. The predicted octanol–water partition coefficient (Wildman–Crippen LogP) is 4.46. The van der Waals surface area contributed by atoms with Crippen LogP contribution in [0.4, 0.5) is 10.2 Å². The van der Waals surface area contributed by atoms with Gasteiger partial charge in [-0.25, -0.2) is 4.39 Å². The molecule has 6 nitrogen and oxygen atoms in total. The molecular formula is C23H23ClFN3O3. The first-order valence-electron chi connectivity index (χ1n) is 10.1. The van der Waals surface area contributed by atoms with Crippen LogP contribution in [0.5, 0.6) is 0 Å². The van der Waals surface area contributed by atoms with Crippen molar-refractivity contribution in [1.82, 2.24) is 9.78 Å². The van der Waals surface area contributed by atoms with E-state index in [1.54, 1.807) is 37.3 Å². The van der Waals surface area contributed by atoms with Gasteiger partial charge in [-0.05, 0) is 43.0 Å². The maximum Gasteiger partial charge on any atom is 0.309 e. The van der Waals surface area contributed by atoms with Crippen molar-refractivity contribution in [3.8, 4) is 0 Å². The third-order valence-electron chi connectivity index (χ3n) is 5.98. The highest BCUT2D eigenvalue weighted by molar-refractivity contribution is 6.34. The molecule has 2 atom stereocenters. The molecule has 0 unspecified atom stereocenters. The van der Waals surface area contributed by atoms with Crippen LogP contribution in [0.25, 0.3) is 10.9 Å². The van der Waals surface area contributed by atoms with Gasteiger partial charge in [0.05, 0.1) is 34.5 Å². The average Bonchev–Trinajstić information content (AvgIpc) is 3.14. The van der Waals surface area contributed by atoms with E-state index in [-0.39, 0.29) is 23.2 Å². The van der Waals surface area contributed by atoms with Crippen molar-refractivity contribution in [2.24, 2.45) is 11.8 Å². The zero-order valence-corrected chi connectivity index (χ0v) is 18.3. The summed E-state index contributed by atoms with van der Waals surface area (Å²) in [6.45, 7) is 4.76. The summed E-state index contributed by atoms with van der Waals surface area (Å²) in [5.41, 5.74) is 1.43. The SMILES string of the molecule is COC(=O)[C@H]1CCN(c2nn(C(=O)c3c(C)cccc3Cl)c3cccc(F)c23)C[C@@H]1C. The van der Waals surface area contributed by atoms with Crippen molar-refractivity contribution in [2.45, 2.75) is 20.3 Å². The lowest BCUT2D eigenvalue weighted by Crippen LogP contribution is -2.42. The minimum absolute atomic E-state index is 0.00492. The van der Waals surface area contributed by atoms with Crippen molar-refractivity contribution >= 4 is 40.2 Å². The summed E-state index contributed by atoms with van der Waals surface area (Å²) in [4.78, 5) is 27.3. The molecule has 0 amide bonds. The molecule has 2 heterocycles. The van der Waals surface area contributed by atoms with Gasteiger partial charge in [0.15, 0.2) is 5.82 Å². The van der Waals surface area contributed by atoms with Gasteiger partial charge in [0, 0.05) is 13.1 Å². The number of hydrogen-bond acceptors (Lipinski definition) is 5. The molecule has 0 radical (unpaired) electrons. The quantitative estimate of drug-likeness (QED) is 0.559. The molecule has 3 aromatic rings. The molecule has 1 aliphatic heterocycles. The molecule has 1 saturated heterocycles. The van der Waals surface area contributed by atoms with Gasteiger partial charge in [0.2, 0.25) is 0 Å². The van der Waals surface area contributed by atoms with E-state index < -0.39 is 11.7 Å². The zero-order valence-electron chi connectivity index (χ0n) is 17.6. The van der Waals surface area contributed by atoms with E-state index in [0.717, 1.165) is 0 Å². The molecule has 31 heavy (non-hydrogen) atoms. The van der Waals surface area contributed by atoms with E-state index in [4.69, 9.17) is 16.3 Å². The third kappa shape index (κ3) is 3.67. The monoisotopic (exact) mass is 443 g/mol. The average molecular weight is 444 g/mol. The Morgan fingerprint density at radius 1 is 1.23 bits per heavy atom. The van der Waals surface area contributed by atoms with E-state index >= 15 is 0 Å². The number of ether oxygens (including phenoxy) is 1. The molecule has 1 aromatic heterocycles. The Labute approximate surface area is 184 Å². The van der Waals surface area contributed by atoms with Crippen LogP contribution in [0.2, 0.25) is 5.02 Å².